The molecule has 2 fully saturated rings. The third-order valence-corrected chi connectivity index (χ3v) is 4.84. The number of fused-ring (bicyclic) bond motifs is 1. The van der Waals surface area contributed by atoms with E-state index < -0.39 is 0 Å². The Hall–Kier alpha value is -1.06. The third kappa shape index (κ3) is 2.26. The molecule has 1 heterocycles. The van der Waals surface area contributed by atoms with Gasteiger partial charge >= 0.3 is 0 Å². The summed E-state index contributed by atoms with van der Waals surface area (Å²) in [5, 5.41) is 20.2. The summed E-state index contributed by atoms with van der Waals surface area (Å²) in [6.45, 7) is 3.96. The second-order valence-electron chi connectivity index (χ2n) is 5.96. The van der Waals surface area contributed by atoms with Crippen LogP contribution in [-0.2, 0) is 0 Å². The van der Waals surface area contributed by atoms with Crippen LogP contribution in [0.2, 0.25) is 0 Å². The molecule has 19 heavy (non-hydrogen) atoms. The highest BCUT2D eigenvalue weighted by atomic mass is 16.3. The highest BCUT2D eigenvalue weighted by Crippen LogP contribution is 2.41. The lowest BCUT2D eigenvalue weighted by Crippen LogP contribution is -2.25. The summed E-state index contributed by atoms with van der Waals surface area (Å²) in [6, 6.07) is 8.14. The van der Waals surface area contributed by atoms with Gasteiger partial charge in [-0.15, -0.1) is 0 Å². The van der Waals surface area contributed by atoms with Gasteiger partial charge in [-0.3, -0.25) is 0 Å². The highest BCUT2D eigenvalue weighted by molar-refractivity contribution is 5.55. The molecule has 2 aliphatic rings. The van der Waals surface area contributed by atoms with Crippen LogP contribution >= 0.6 is 0 Å². The van der Waals surface area contributed by atoms with Gasteiger partial charge in [0.15, 0.2) is 0 Å². The summed E-state index contributed by atoms with van der Waals surface area (Å²) < 4.78 is 0. The topological polar surface area (TPSA) is 43.7 Å². The zero-order chi connectivity index (χ0) is 13.4. The molecule has 1 aliphatic heterocycles. The maximum atomic E-state index is 10.1. The van der Waals surface area contributed by atoms with Crippen molar-refractivity contribution in [3.8, 4) is 0 Å². The van der Waals surface area contributed by atoms with Gasteiger partial charge in [-0.25, -0.2) is 0 Å². The first kappa shape index (κ1) is 12.9. The Kier molecular flexibility index (Phi) is 3.50. The van der Waals surface area contributed by atoms with E-state index >= 15 is 0 Å². The van der Waals surface area contributed by atoms with Gasteiger partial charge in [0, 0.05) is 30.3 Å². The molecule has 104 valence electrons. The van der Waals surface area contributed by atoms with E-state index in [-0.39, 0.29) is 12.2 Å². The summed E-state index contributed by atoms with van der Waals surface area (Å²) >= 11 is 0. The van der Waals surface area contributed by atoms with Crippen LogP contribution in [0.15, 0.2) is 24.3 Å². The Morgan fingerprint density at radius 3 is 2.79 bits per heavy atom. The second kappa shape index (κ2) is 5.14. The van der Waals surface area contributed by atoms with Gasteiger partial charge in [0.1, 0.15) is 0 Å². The van der Waals surface area contributed by atoms with E-state index in [0.29, 0.717) is 11.8 Å². The van der Waals surface area contributed by atoms with Crippen molar-refractivity contribution in [2.75, 3.05) is 18.0 Å². The van der Waals surface area contributed by atoms with Gasteiger partial charge in [0.2, 0.25) is 0 Å². The van der Waals surface area contributed by atoms with Crippen LogP contribution < -0.4 is 4.90 Å². The first-order valence-corrected chi connectivity index (χ1v) is 7.40. The van der Waals surface area contributed by atoms with E-state index in [1.165, 1.54) is 0 Å². The van der Waals surface area contributed by atoms with Gasteiger partial charge in [-0.1, -0.05) is 25.1 Å². The van der Waals surface area contributed by atoms with Crippen molar-refractivity contribution in [2.24, 2.45) is 11.8 Å². The van der Waals surface area contributed by atoms with Gasteiger partial charge in [0.25, 0.3) is 0 Å². The van der Waals surface area contributed by atoms with Gasteiger partial charge < -0.3 is 15.1 Å². The number of aliphatic hydroxyl groups excluding tert-OH is 2. The predicted molar refractivity (Wildman–Crippen MR) is 76.1 cm³/mol. The third-order valence-electron chi connectivity index (χ3n) is 4.84. The zero-order valence-corrected chi connectivity index (χ0v) is 11.5. The predicted octanol–water partition coefficient (Wildman–Crippen LogP) is 2.34. The van der Waals surface area contributed by atoms with Crippen molar-refractivity contribution < 1.29 is 10.2 Å². The maximum absolute atomic E-state index is 10.1. The fourth-order valence-corrected chi connectivity index (χ4v) is 3.71. The van der Waals surface area contributed by atoms with Crippen LogP contribution in [0.5, 0.6) is 0 Å². The zero-order valence-electron chi connectivity index (χ0n) is 11.5. The molecular weight excluding hydrogens is 238 g/mol. The highest BCUT2D eigenvalue weighted by Gasteiger charge is 2.42. The average molecular weight is 261 g/mol. The summed E-state index contributed by atoms with van der Waals surface area (Å²) in [5.74, 6) is 1.05. The SMILES string of the molecule is CC[C@H](O)c1ccccc1N1CC2CCC(O)C2C1. The number of hydrogen-bond acceptors (Lipinski definition) is 3. The minimum atomic E-state index is -0.387. The molecule has 3 rings (SSSR count). The molecule has 2 N–H and O–H groups in total. The molecule has 1 aromatic carbocycles. The molecule has 0 bridgehead atoms. The molecule has 3 heteroatoms. The summed E-state index contributed by atoms with van der Waals surface area (Å²) in [5.41, 5.74) is 2.18. The van der Waals surface area contributed by atoms with Crippen molar-refractivity contribution >= 4 is 5.69 Å². The minimum absolute atomic E-state index is 0.127. The Morgan fingerprint density at radius 1 is 1.26 bits per heavy atom. The Bertz CT molecular complexity index is 448. The standard InChI is InChI=1S/C16H23NO2/c1-2-15(18)12-5-3-4-6-14(12)17-9-11-7-8-16(19)13(11)10-17/h3-6,11,13,15-16,18-19H,2,7-10H2,1H3/t11?,13?,15-,16?/m0/s1. The number of aliphatic hydroxyl groups is 2. The lowest BCUT2D eigenvalue weighted by Gasteiger charge is -2.25. The smallest absolute Gasteiger partial charge is 0.0807 e. The number of hydrogen-bond donors (Lipinski definition) is 2. The van der Waals surface area contributed by atoms with E-state index in [9.17, 15) is 10.2 Å². The normalized spacial score (nSPS) is 31.5. The van der Waals surface area contributed by atoms with Crippen LogP contribution in [0.3, 0.4) is 0 Å². The second-order valence-corrected chi connectivity index (χ2v) is 5.96. The average Bonchev–Trinajstić information content (AvgIpc) is 3.00. The van der Waals surface area contributed by atoms with Crippen molar-refractivity contribution in [1.29, 1.82) is 0 Å². The summed E-state index contributed by atoms with van der Waals surface area (Å²) in [6.07, 6.45) is 2.32. The van der Waals surface area contributed by atoms with Gasteiger partial charge in [0.05, 0.1) is 12.2 Å². The Labute approximate surface area is 114 Å². The Morgan fingerprint density at radius 2 is 2.05 bits per heavy atom. The first-order valence-electron chi connectivity index (χ1n) is 7.40. The summed E-state index contributed by atoms with van der Waals surface area (Å²) in [4.78, 5) is 2.35. The van der Waals surface area contributed by atoms with Crippen LogP contribution in [0.1, 0.15) is 37.9 Å². The van der Waals surface area contributed by atoms with E-state index in [0.717, 1.165) is 43.6 Å². The van der Waals surface area contributed by atoms with E-state index in [4.69, 9.17) is 0 Å². The number of rotatable bonds is 3. The minimum Gasteiger partial charge on any atom is -0.393 e. The molecule has 0 radical (unpaired) electrons. The molecule has 1 saturated heterocycles. The molecule has 0 aromatic heterocycles. The first-order chi connectivity index (χ1) is 9.20. The maximum Gasteiger partial charge on any atom is 0.0807 e. The number of nitrogens with zero attached hydrogens (tertiary/aromatic N) is 1. The van der Waals surface area contributed by atoms with Crippen LogP contribution in [0.25, 0.3) is 0 Å². The van der Waals surface area contributed by atoms with Crippen molar-refractivity contribution in [2.45, 2.75) is 38.4 Å². The fraction of sp³-hybridized carbons (Fsp3) is 0.625. The molecule has 1 aromatic rings. The summed E-state index contributed by atoms with van der Waals surface area (Å²) in [7, 11) is 0. The van der Waals surface area contributed by atoms with E-state index in [1.807, 2.05) is 25.1 Å². The lowest BCUT2D eigenvalue weighted by molar-refractivity contribution is 0.133. The van der Waals surface area contributed by atoms with Crippen LogP contribution in [-0.4, -0.2) is 29.4 Å². The van der Waals surface area contributed by atoms with E-state index in [2.05, 4.69) is 11.0 Å². The van der Waals surface area contributed by atoms with Crippen LogP contribution in [0.4, 0.5) is 5.69 Å². The molecule has 0 amide bonds. The number of benzene rings is 1. The van der Waals surface area contributed by atoms with Gasteiger partial charge in [-0.2, -0.15) is 0 Å². The van der Waals surface area contributed by atoms with E-state index in [1.54, 1.807) is 0 Å². The van der Waals surface area contributed by atoms with Crippen molar-refractivity contribution in [3.63, 3.8) is 0 Å². The molecule has 3 unspecified atom stereocenters. The molecule has 3 nitrogen and oxygen atoms in total. The molecule has 1 aliphatic carbocycles. The molecular formula is C16H23NO2. The molecule has 0 spiro atoms. The lowest BCUT2D eigenvalue weighted by atomic mass is 10.00. The largest absolute Gasteiger partial charge is 0.393 e. The number of para-hydroxylation sites is 1. The van der Waals surface area contributed by atoms with Crippen molar-refractivity contribution in [3.05, 3.63) is 29.8 Å². The van der Waals surface area contributed by atoms with Gasteiger partial charge in [-0.05, 0) is 31.2 Å². The Balaban J connectivity index is 1.84. The van der Waals surface area contributed by atoms with Crippen molar-refractivity contribution in [1.82, 2.24) is 0 Å². The molecule has 1 saturated carbocycles. The fourth-order valence-electron chi connectivity index (χ4n) is 3.71. The monoisotopic (exact) mass is 261 g/mol. The number of anilines is 1. The quantitative estimate of drug-likeness (QED) is 0.877. The van der Waals surface area contributed by atoms with Crippen LogP contribution in [0, 0.1) is 11.8 Å². The molecule has 4 atom stereocenters.